The predicted octanol–water partition coefficient (Wildman–Crippen LogP) is 6.38. The zero-order valence-electron chi connectivity index (χ0n) is 21.9. The normalized spacial score (nSPS) is 16.1. The Kier molecular flexibility index (Phi) is 9.21. The SMILES string of the molecule is N#Cc1ccccc1Oc1ccccc1CN1CC2(CCN(C(=O)c3ccc(Cl)cc3)CC2)C1.O=C(O)C(F)(F)F. The van der Waals surface area contributed by atoms with E-state index in [0.717, 1.165) is 56.9 Å². The molecule has 1 amide bonds. The quantitative estimate of drug-likeness (QED) is 0.374. The predicted molar refractivity (Wildman–Crippen MR) is 146 cm³/mol. The number of ether oxygens (including phenoxy) is 1. The van der Waals surface area contributed by atoms with Crippen LogP contribution in [-0.2, 0) is 11.3 Å². The summed E-state index contributed by atoms with van der Waals surface area (Å²) < 4.78 is 37.9. The molecule has 1 N–H and O–H groups in total. The van der Waals surface area contributed by atoms with E-state index in [1.54, 1.807) is 30.3 Å². The maximum absolute atomic E-state index is 12.8. The number of rotatable bonds is 5. The summed E-state index contributed by atoms with van der Waals surface area (Å²) in [5.74, 6) is -1.30. The number of para-hydroxylation sites is 2. The van der Waals surface area contributed by atoms with Crippen molar-refractivity contribution < 1.29 is 32.6 Å². The van der Waals surface area contributed by atoms with Gasteiger partial charge in [-0.3, -0.25) is 9.69 Å². The van der Waals surface area contributed by atoms with E-state index in [1.807, 2.05) is 41.3 Å². The Morgan fingerprint density at radius 1 is 0.951 bits per heavy atom. The molecule has 0 saturated carbocycles. The van der Waals surface area contributed by atoms with Crippen LogP contribution in [0.2, 0.25) is 5.02 Å². The topological polar surface area (TPSA) is 93.9 Å². The first-order chi connectivity index (χ1) is 19.5. The Balaban J connectivity index is 0.000000493. The summed E-state index contributed by atoms with van der Waals surface area (Å²) >= 11 is 5.95. The van der Waals surface area contributed by atoms with Gasteiger partial charge in [-0.05, 0) is 60.7 Å². The highest BCUT2D eigenvalue weighted by Crippen LogP contribution is 2.42. The Labute approximate surface area is 240 Å². The standard InChI is InChI=1S/C28H26ClN3O2.C2HF3O2/c29-24-11-9-21(10-12-24)27(33)32-15-13-28(14-16-32)19-31(20-28)18-23-6-2-4-8-26(23)34-25-7-3-1-5-22(25)17-30;3-2(4,5)1(6)7/h1-12H,13-16,18-20H2;(H,6,7). The van der Waals surface area contributed by atoms with Gasteiger partial charge in [-0.2, -0.15) is 18.4 Å². The summed E-state index contributed by atoms with van der Waals surface area (Å²) in [7, 11) is 0. The highest BCUT2D eigenvalue weighted by atomic mass is 35.5. The maximum atomic E-state index is 12.8. The minimum absolute atomic E-state index is 0.0893. The minimum Gasteiger partial charge on any atom is -0.475 e. The molecule has 2 aliphatic rings. The molecule has 2 fully saturated rings. The number of alkyl halides is 3. The molecule has 7 nitrogen and oxygen atoms in total. The van der Waals surface area contributed by atoms with E-state index in [2.05, 4.69) is 17.0 Å². The van der Waals surface area contributed by atoms with Crippen LogP contribution in [0.3, 0.4) is 0 Å². The molecule has 3 aromatic carbocycles. The summed E-state index contributed by atoms with van der Waals surface area (Å²) in [5, 5.41) is 17.1. The lowest BCUT2D eigenvalue weighted by molar-refractivity contribution is -0.192. The lowest BCUT2D eigenvalue weighted by Crippen LogP contribution is -2.60. The molecule has 11 heteroatoms. The number of carbonyl (C=O) groups is 2. The number of aliphatic carboxylic acids is 1. The van der Waals surface area contributed by atoms with Gasteiger partial charge in [-0.25, -0.2) is 4.79 Å². The van der Waals surface area contributed by atoms with Crippen LogP contribution in [0.1, 0.15) is 34.3 Å². The summed E-state index contributed by atoms with van der Waals surface area (Å²) in [6.45, 7) is 4.44. The average Bonchev–Trinajstić information content (AvgIpc) is 2.94. The van der Waals surface area contributed by atoms with E-state index >= 15 is 0 Å². The highest BCUT2D eigenvalue weighted by Gasteiger charge is 2.45. The molecule has 3 aromatic rings. The van der Waals surface area contributed by atoms with Crippen molar-refractivity contribution in [3.8, 4) is 17.6 Å². The van der Waals surface area contributed by atoms with Crippen LogP contribution in [0.4, 0.5) is 13.2 Å². The van der Waals surface area contributed by atoms with Crippen LogP contribution in [-0.4, -0.2) is 59.1 Å². The minimum atomic E-state index is -5.08. The van der Waals surface area contributed by atoms with Crippen molar-refractivity contribution in [2.45, 2.75) is 25.6 Å². The molecule has 0 bridgehead atoms. The van der Waals surface area contributed by atoms with E-state index in [0.29, 0.717) is 27.3 Å². The second-order valence-electron chi connectivity index (χ2n) is 10.1. The van der Waals surface area contributed by atoms with Crippen molar-refractivity contribution >= 4 is 23.5 Å². The molecular formula is C30H27ClF3N3O4. The number of carbonyl (C=O) groups excluding carboxylic acids is 1. The molecule has 0 atom stereocenters. The van der Waals surface area contributed by atoms with Gasteiger partial charge in [0.25, 0.3) is 5.91 Å². The van der Waals surface area contributed by atoms with Crippen molar-refractivity contribution in [1.29, 1.82) is 5.26 Å². The van der Waals surface area contributed by atoms with E-state index in [9.17, 15) is 23.2 Å². The summed E-state index contributed by atoms with van der Waals surface area (Å²) in [4.78, 5) is 26.1. The second kappa shape index (κ2) is 12.6. The van der Waals surface area contributed by atoms with Crippen LogP contribution < -0.4 is 4.74 Å². The fraction of sp³-hybridized carbons (Fsp3) is 0.300. The molecule has 1 spiro atoms. The molecule has 0 aliphatic carbocycles. The van der Waals surface area contributed by atoms with Crippen molar-refractivity contribution in [2.75, 3.05) is 26.2 Å². The summed E-state index contributed by atoms with van der Waals surface area (Å²) in [5.41, 5.74) is 2.63. The van der Waals surface area contributed by atoms with E-state index < -0.39 is 12.1 Å². The number of benzene rings is 3. The summed E-state index contributed by atoms with van der Waals surface area (Å²) in [6, 6.07) is 24.7. The van der Waals surface area contributed by atoms with Gasteiger partial charge in [0.15, 0.2) is 0 Å². The number of amides is 1. The highest BCUT2D eigenvalue weighted by molar-refractivity contribution is 6.30. The van der Waals surface area contributed by atoms with Crippen molar-refractivity contribution in [1.82, 2.24) is 9.80 Å². The van der Waals surface area contributed by atoms with Crippen LogP contribution >= 0.6 is 11.6 Å². The van der Waals surface area contributed by atoms with E-state index in [4.69, 9.17) is 26.2 Å². The number of carboxylic acid groups (broad SMARTS) is 1. The maximum Gasteiger partial charge on any atom is 0.490 e. The zero-order valence-corrected chi connectivity index (χ0v) is 22.7. The molecule has 5 rings (SSSR count). The average molecular weight is 586 g/mol. The third kappa shape index (κ3) is 7.57. The van der Waals surface area contributed by atoms with Gasteiger partial charge in [-0.15, -0.1) is 0 Å². The molecule has 0 radical (unpaired) electrons. The Bertz CT molecular complexity index is 1420. The number of hydrogen-bond acceptors (Lipinski definition) is 5. The Morgan fingerprint density at radius 2 is 1.51 bits per heavy atom. The van der Waals surface area contributed by atoms with Gasteiger partial charge in [-0.1, -0.05) is 41.9 Å². The zero-order chi connectivity index (χ0) is 29.6. The fourth-order valence-electron chi connectivity index (χ4n) is 5.03. The Hall–Kier alpha value is -4.07. The Morgan fingerprint density at radius 3 is 2.10 bits per heavy atom. The molecule has 0 unspecified atom stereocenters. The monoisotopic (exact) mass is 585 g/mol. The lowest BCUT2D eigenvalue weighted by atomic mass is 9.71. The number of likely N-dealkylation sites (tertiary alicyclic amines) is 2. The van der Waals surface area contributed by atoms with Gasteiger partial charge in [0.05, 0.1) is 5.56 Å². The van der Waals surface area contributed by atoms with Crippen molar-refractivity contribution in [3.63, 3.8) is 0 Å². The lowest BCUT2D eigenvalue weighted by Gasteiger charge is -2.54. The fourth-order valence-corrected chi connectivity index (χ4v) is 5.16. The number of carboxylic acids is 1. The largest absolute Gasteiger partial charge is 0.490 e. The van der Waals surface area contributed by atoms with Crippen LogP contribution in [0.25, 0.3) is 0 Å². The van der Waals surface area contributed by atoms with Crippen molar-refractivity contribution in [2.24, 2.45) is 5.41 Å². The van der Waals surface area contributed by atoms with Gasteiger partial charge >= 0.3 is 12.1 Å². The first-order valence-corrected chi connectivity index (χ1v) is 13.2. The summed E-state index contributed by atoms with van der Waals surface area (Å²) in [6.07, 6.45) is -3.03. The third-order valence-electron chi connectivity index (χ3n) is 7.16. The van der Waals surface area contributed by atoms with Crippen LogP contribution in [0.15, 0.2) is 72.8 Å². The number of nitriles is 1. The first kappa shape index (κ1) is 29.9. The molecule has 2 aliphatic heterocycles. The van der Waals surface area contributed by atoms with E-state index in [1.165, 1.54) is 0 Å². The van der Waals surface area contributed by atoms with Crippen molar-refractivity contribution in [3.05, 3.63) is 94.5 Å². The molecular weight excluding hydrogens is 559 g/mol. The smallest absolute Gasteiger partial charge is 0.475 e. The number of hydrogen-bond donors (Lipinski definition) is 1. The molecule has 2 saturated heterocycles. The van der Waals surface area contributed by atoms with E-state index in [-0.39, 0.29) is 5.91 Å². The number of nitrogens with zero attached hydrogens (tertiary/aromatic N) is 3. The van der Waals surface area contributed by atoms with Gasteiger partial charge in [0, 0.05) is 48.9 Å². The molecule has 41 heavy (non-hydrogen) atoms. The number of piperidine rings is 1. The number of halogens is 4. The second-order valence-corrected chi connectivity index (χ2v) is 10.5. The third-order valence-corrected chi connectivity index (χ3v) is 7.41. The van der Waals surface area contributed by atoms with Gasteiger partial charge in [0.1, 0.15) is 17.6 Å². The van der Waals surface area contributed by atoms with Crippen LogP contribution in [0.5, 0.6) is 11.5 Å². The van der Waals surface area contributed by atoms with Crippen LogP contribution in [0, 0.1) is 16.7 Å². The molecule has 2 heterocycles. The van der Waals surface area contributed by atoms with Gasteiger partial charge < -0.3 is 14.7 Å². The van der Waals surface area contributed by atoms with Gasteiger partial charge in [0.2, 0.25) is 0 Å². The molecule has 0 aromatic heterocycles. The first-order valence-electron chi connectivity index (χ1n) is 12.8. The molecule has 214 valence electrons.